The third kappa shape index (κ3) is 3.04. The fourth-order valence-corrected chi connectivity index (χ4v) is 2.99. The highest BCUT2D eigenvalue weighted by atomic mass is 16.5. The van der Waals surface area contributed by atoms with Gasteiger partial charge < -0.3 is 10.1 Å². The Morgan fingerprint density at radius 1 is 1.41 bits per heavy atom. The number of amides is 1. The van der Waals surface area contributed by atoms with Crippen molar-refractivity contribution in [1.29, 1.82) is 0 Å². The van der Waals surface area contributed by atoms with Gasteiger partial charge >= 0.3 is 0 Å². The van der Waals surface area contributed by atoms with Crippen molar-refractivity contribution in [3.63, 3.8) is 0 Å². The Bertz CT molecular complexity index is 651. The summed E-state index contributed by atoms with van der Waals surface area (Å²) in [4.78, 5) is 12.3. The quantitative estimate of drug-likeness (QED) is 0.942. The summed E-state index contributed by atoms with van der Waals surface area (Å²) in [5.74, 6) is 0.225. The molecule has 1 aliphatic rings. The number of hydrogen-bond acceptors (Lipinski definition) is 3. The van der Waals surface area contributed by atoms with E-state index >= 15 is 0 Å². The van der Waals surface area contributed by atoms with Gasteiger partial charge in [-0.3, -0.25) is 9.48 Å². The first-order valence-electron chi connectivity index (χ1n) is 7.60. The van der Waals surface area contributed by atoms with Crippen LogP contribution >= 0.6 is 0 Å². The smallest absolute Gasteiger partial charge is 0.269 e. The summed E-state index contributed by atoms with van der Waals surface area (Å²) in [6.45, 7) is 3.24. The Labute approximate surface area is 130 Å². The first kappa shape index (κ1) is 14.8. The minimum Gasteiger partial charge on any atom is -0.373 e. The second-order valence-electron chi connectivity index (χ2n) is 5.76. The molecule has 3 rings (SSSR count). The summed E-state index contributed by atoms with van der Waals surface area (Å²) in [7, 11) is 1.79. The lowest BCUT2D eigenvalue weighted by molar-refractivity contribution is 0.0842. The number of aryl methyl sites for hydroxylation is 2. The van der Waals surface area contributed by atoms with Crippen LogP contribution in [-0.2, 0) is 11.8 Å². The summed E-state index contributed by atoms with van der Waals surface area (Å²) < 4.78 is 7.46. The van der Waals surface area contributed by atoms with E-state index in [4.69, 9.17) is 4.74 Å². The molecule has 5 heteroatoms. The first-order valence-corrected chi connectivity index (χ1v) is 7.60. The SMILES string of the molecule is Cc1cc(C(=O)NC[C@@H]2CCO[C@H]2c2ccccc2)n(C)n1. The zero-order valence-corrected chi connectivity index (χ0v) is 13.0. The van der Waals surface area contributed by atoms with E-state index in [1.54, 1.807) is 17.8 Å². The van der Waals surface area contributed by atoms with E-state index in [0.717, 1.165) is 18.7 Å². The van der Waals surface area contributed by atoms with Gasteiger partial charge in [-0.15, -0.1) is 0 Å². The second kappa shape index (κ2) is 6.32. The molecule has 116 valence electrons. The number of carbonyl (C=O) groups is 1. The summed E-state index contributed by atoms with van der Waals surface area (Å²) >= 11 is 0. The number of ether oxygens (including phenoxy) is 1. The summed E-state index contributed by atoms with van der Waals surface area (Å²) in [6.07, 6.45) is 1.03. The standard InChI is InChI=1S/C17H21N3O2/c1-12-10-15(20(2)19-12)17(21)18-11-14-8-9-22-16(14)13-6-4-3-5-7-13/h3-7,10,14,16H,8-9,11H2,1-2H3,(H,18,21)/t14-,16-/m0/s1. The molecular weight excluding hydrogens is 278 g/mol. The van der Waals surface area contributed by atoms with Crippen LogP contribution in [-0.4, -0.2) is 28.8 Å². The lowest BCUT2D eigenvalue weighted by Gasteiger charge is -2.19. The van der Waals surface area contributed by atoms with E-state index in [1.165, 1.54) is 5.56 Å². The van der Waals surface area contributed by atoms with Crippen molar-refractivity contribution >= 4 is 5.91 Å². The summed E-state index contributed by atoms with van der Waals surface area (Å²) in [6, 6.07) is 12.0. The first-order chi connectivity index (χ1) is 10.6. The van der Waals surface area contributed by atoms with Crippen molar-refractivity contribution < 1.29 is 9.53 Å². The predicted octanol–water partition coefficient (Wildman–Crippen LogP) is 2.24. The van der Waals surface area contributed by atoms with Crippen LogP contribution in [0.3, 0.4) is 0 Å². The molecule has 1 aliphatic heterocycles. The van der Waals surface area contributed by atoms with E-state index in [0.29, 0.717) is 18.2 Å². The van der Waals surface area contributed by atoms with Crippen molar-refractivity contribution in [3.05, 3.63) is 53.3 Å². The Morgan fingerprint density at radius 3 is 2.86 bits per heavy atom. The van der Waals surface area contributed by atoms with Gasteiger partial charge in [0.25, 0.3) is 5.91 Å². The van der Waals surface area contributed by atoms with Gasteiger partial charge in [-0.2, -0.15) is 5.10 Å². The molecule has 2 aromatic rings. The molecule has 1 saturated heterocycles. The molecule has 0 aliphatic carbocycles. The third-order valence-corrected chi connectivity index (χ3v) is 4.10. The van der Waals surface area contributed by atoms with Crippen LogP contribution in [0.1, 0.15) is 34.3 Å². The molecule has 1 aromatic heterocycles. The van der Waals surface area contributed by atoms with E-state index in [2.05, 4.69) is 22.5 Å². The molecule has 0 spiro atoms. The van der Waals surface area contributed by atoms with Gasteiger partial charge in [-0.1, -0.05) is 30.3 Å². The molecule has 0 bridgehead atoms. The molecule has 2 atom stereocenters. The number of hydrogen-bond donors (Lipinski definition) is 1. The predicted molar refractivity (Wildman–Crippen MR) is 83.5 cm³/mol. The molecule has 22 heavy (non-hydrogen) atoms. The van der Waals surface area contributed by atoms with Crippen molar-refractivity contribution in [2.45, 2.75) is 19.4 Å². The Balaban J connectivity index is 1.63. The van der Waals surface area contributed by atoms with Crippen LogP contribution in [0, 0.1) is 12.8 Å². The van der Waals surface area contributed by atoms with Crippen LogP contribution in [0.2, 0.25) is 0 Å². The van der Waals surface area contributed by atoms with Crippen LogP contribution in [0.25, 0.3) is 0 Å². The van der Waals surface area contributed by atoms with Crippen LogP contribution in [0.5, 0.6) is 0 Å². The topological polar surface area (TPSA) is 56.1 Å². The highest BCUT2D eigenvalue weighted by Crippen LogP contribution is 2.33. The third-order valence-electron chi connectivity index (χ3n) is 4.10. The van der Waals surface area contributed by atoms with Gasteiger partial charge in [-0.05, 0) is 25.0 Å². The summed E-state index contributed by atoms with van der Waals surface area (Å²) in [5.41, 5.74) is 2.61. The molecule has 0 saturated carbocycles. The van der Waals surface area contributed by atoms with Crippen LogP contribution in [0.15, 0.2) is 36.4 Å². The number of rotatable bonds is 4. The van der Waals surface area contributed by atoms with Gasteiger partial charge in [0, 0.05) is 26.1 Å². The number of benzene rings is 1. The van der Waals surface area contributed by atoms with Crippen molar-refractivity contribution in [2.24, 2.45) is 13.0 Å². The van der Waals surface area contributed by atoms with Gasteiger partial charge in [0.2, 0.25) is 0 Å². The van der Waals surface area contributed by atoms with Gasteiger partial charge in [-0.25, -0.2) is 0 Å². The fourth-order valence-electron chi connectivity index (χ4n) is 2.99. The second-order valence-corrected chi connectivity index (χ2v) is 5.76. The maximum absolute atomic E-state index is 12.3. The molecular formula is C17H21N3O2. The van der Waals surface area contributed by atoms with Gasteiger partial charge in [0.1, 0.15) is 5.69 Å². The summed E-state index contributed by atoms with van der Waals surface area (Å²) in [5, 5.41) is 7.22. The number of aromatic nitrogens is 2. The van der Waals surface area contributed by atoms with E-state index < -0.39 is 0 Å². The maximum Gasteiger partial charge on any atom is 0.269 e. The lowest BCUT2D eigenvalue weighted by Crippen LogP contribution is -2.31. The van der Waals surface area contributed by atoms with E-state index in [-0.39, 0.29) is 12.0 Å². The number of nitrogens with one attached hydrogen (secondary N) is 1. The Hall–Kier alpha value is -2.14. The zero-order chi connectivity index (χ0) is 15.5. The Morgan fingerprint density at radius 2 is 2.18 bits per heavy atom. The molecule has 5 nitrogen and oxygen atoms in total. The molecule has 1 amide bonds. The van der Waals surface area contributed by atoms with Crippen molar-refractivity contribution in [1.82, 2.24) is 15.1 Å². The normalized spacial score (nSPS) is 21.0. The average Bonchev–Trinajstić information content (AvgIpc) is 3.12. The molecule has 1 fully saturated rings. The number of nitrogens with zero attached hydrogens (tertiary/aromatic N) is 2. The minimum absolute atomic E-state index is 0.0646. The molecule has 0 unspecified atom stereocenters. The van der Waals surface area contributed by atoms with E-state index in [9.17, 15) is 4.79 Å². The largest absolute Gasteiger partial charge is 0.373 e. The minimum atomic E-state index is -0.0817. The highest BCUT2D eigenvalue weighted by molar-refractivity contribution is 5.92. The van der Waals surface area contributed by atoms with Gasteiger partial charge in [0.15, 0.2) is 0 Å². The Kier molecular flexibility index (Phi) is 4.24. The van der Waals surface area contributed by atoms with Gasteiger partial charge in [0.05, 0.1) is 11.8 Å². The molecule has 1 aromatic carbocycles. The van der Waals surface area contributed by atoms with E-state index in [1.807, 2.05) is 25.1 Å². The maximum atomic E-state index is 12.3. The molecule has 1 N–H and O–H groups in total. The zero-order valence-electron chi connectivity index (χ0n) is 13.0. The lowest BCUT2D eigenvalue weighted by atomic mass is 9.95. The fraction of sp³-hybridized carbons (Fsp3) is 0.412. The van der Waals surface area contributed by atoms with Crippen LogP contribution in [0.4, 0.5) is 0 Å². The average molecular weight is 299 g/mol. The molecule has 2 heterocycles. The highest BCUT2D eigenvalue weighted by Gasteiger charge is 2.30. The van der Waals surface area contributed by atoms with Crippen LogP contribution < -0.4 is 5.32 Å². The van der Waals surface area contributed by atoms with Crippen molar-refractivity contribution in [2.75, 3.05) is 13.2 Å². The van der Waals surface area contributed by atoms with Crippen molar-refractivity contribution in [3.8, 4) is 0 Å². The monoisotopic (exact) mass is 299 g/mol. The molecule has 0 radical (unpaired) electrons. The number of carbonyl (C=O) groups excluding carboxylic acids is 1.